The number of ether oxygens (including phenoxy) is 3. The minimum absolute atomic E-state index is 0.0295. The lowest BCUT2D eigenvalue weighted by atomic mass is 10.3. The molecule has 1 aromatic rings. The van der Waals surface area contributed by atoms with Gasteiger partial charge < -0.3 is 25.2 Å². The Morgan fingerprint density at radius 1 is 1.32 bits per heavy atom. The summed E-state index contributed by atoms with van der Waals surface area (Å²) in [6.07, 6.45) is 2.31. The molecule has 0 amide bonds. The van der Waals surface area contributed by atoms with Crippen LogP contribution in [-0.4, -0.2) is 49.6 Å². The van der Waals surface area contributed by atoms with Gasteiger partial charge in [0.2, 0.25) is 0 Å². The van der Waals surface area contributed by atoms with E-state index in [0.29, 0.717) is 37.9 Å². The summed E-state index contributed by atoms with van der Waals surface area (Å²) in [5.74, 6) is 0.601. The van der Waals surface area contributed by atoms with E-state index in [1.165, 1.54) is 6.20 Å². The molecule has 0 atom stereocenters. The monoisotopic (exact) mass is 269 g/mol. The minimum atomic E-state index is -0.0295. The number of amidine groups is 1. The Morgan fingerprint density at radius 3 is 2.79 bits per heavy atom. The molecule has 0 saturated carbocycles. The Kier molecular flexibility index (Phi) is 7.30. The van der Waals surface area contributed by atoms with Gasteiger partial charge in [-0.1, -0.05) is 5.16 Å². The summed E-state index contributed by atoms with van der Waals surface area (Å²) in [7, 11) is 1.64. The van der Waals surface area contributed by atoms with Crippen LogP contribution in [0.15, 0.2) is 23.5 Å². The Bertz CT molecular complexity index is 381. The van der Waals surface area contributed by atoms with E-state index in [4.69, 9.17) is 25.2 Å². The first-order chi connectivity index (χ1) is 9.27. The van der Waals surface area contributed by atoms with Crippen molar-refractivity contribution in [3.8, 4) is 5.75 Å². The standard InChI is InChI=1S/C12H19N3O4/c1-17-7-8-18-5-2-6-19-10-3-4-11(14-9-10)12(13)15-16/h3-4,9,16H,2,5-8H2,1H3,(H2,13,15). The predicted molar refractivity (Wildman–Crippen MR) is 69.6 cm³/mol. The molecule has 0 radical (unpaired) electrons. The van der Waals surface area contributed by atoms with Gasteiger partial charge in [0.05, 0.1) is 26.0 Å². The molecule has 0 unspecified atom stereocenters. The van der Waals surface area contributed by atoms with E-state index in [1.54, 1.807) is 19.2 Å². The molecule has 0 saturated heterocycles. The lowest BCUT2D eigenvalue weighted by molar-refractivity contribution is 0.0644. The number of nitrogens with two attached hydrogens (primary N) is 1. The van der Waals surface area contributed by atoms with Gasteiger partial charge in [0.15, 0.2) is 5.84 Å². The number of hydrogen-bond acceptors (Lipinski definition) is 6. The molecular weight excluding hydrogens is 250 g/mol. The second kappa shape index (κ2) is 9.12. The summed E-state index contributed by atoms with van der Waals surface area (Å²) in [5.41, 5.74) is 5.79. The Morgan fingerprint density at radius 2 is 2.16 bits per heavy atom. The molecule has 0 aliphatic carbocycles. The van der Waals surface area contributed by atoms with Crippen LogP contribution in [0.25, 0.3) is 0 Å². The second-order valence-corrected chi connectivity index (χ2v) is 3.67. The molecular formula is C12H19N3O4. The van der Waals surface area contributed by atoms with Crippen LogP contribution < -0.4 is 10.5 Å². The topological polar surface area (TPSA) is 99.2 Å². The smallest absolute Gasteiger partial charge is 0.188 e. The van der Waals surface area contributed by atoms with E-state index >= 15 is 0 Å². The van der Waals surface area contributed by atoms with E-state index in [1.807, 2.05) is 0 Å². The lowest BCUT2D eigenvalue weighted by Crippen LogP contribution is -2.14. The summed E-state index contributed by atoms with van der Waals surface area (Å²) in [6, 6.07) is 3.34. The van der Waals surface area contributed by atoms with Crippen LogP contribution in [0.5, 0.6) is 5.75 Å². The van der Waals surface area contributed by atoms with Gasteiger partial charge in [0.1, 0.15) is 11.4 Å². The van der Waals surface area contributed by atoms with Crippen LogP contribution in [-0.2, 0) is 9.47 Å². The van der Waals surface area contributed by atoms with Crippen LogP contribution in [0.4, 0.5) is 0 Å². The zero-order valence-corrected chi connectivity index (χ0v) is 10.9. The second-order valence-electron chi connectivity index (χ2n) is 3.67. The zero-order chi connectivity index (χ0) is 13.9. The normalized spacial score (nSPS) is 11.5. The molecule has 7 heteroatoms. The Hall–Kier alpha value is -1.86. The first kappa shape index (κ1) is 15.2. The predicted octanol–water partition coefficient (Wildman–Crippen LogP) is 0.608. The van der Waals surface area contributed by atoms with Gasteiger partial charge in [-0.3, -0.25) is 0 Å². The van der Waals surface area contributed by atoms with Crippen molar-refractivity contribution >= 4 is 5.84 Å². The highest BCUT2D eigenvalue weighted by atomic mass is 16.5. The summed E-state index contributed by atoms with van der Waals surface area (Å²) in [6.45, 7) is 2.35. The van der Waals surface area contributed by atoms with Crippen molar-refractivity contribution in [1.82, 2.24) is 4.98 Å². The van der Waals surface area contributed by atoms with Gasteiger partial charge in [-0.25, -0.2) is 4.98 Å². The molecule has 0 bridgehead atoms. The fourth-order valence-electron chi connectivity index (χ4n) is 1.26. The highest BCUT2D eigenvalue weighted by molar-refractivity contribution is 5.95. The number of hydrogen-bond donors (Lipinski definition) is 2. The van der Waals surface area contributed by atoms with Gasteiger partial charge in [0.25, 0.3) is 0 Å². The summed E-state index contributed by atoms with van der Waals surface area (Å²) in [4.78, 5) is 4.00. The first-order valence-corrected chi connectivity index (χ1v) is 5.91. The van der Waals surface area contributed by atoms with Crippen molar-refractivity contribution in [2.75, 3.05) is 33.5 Å². The van der Waals surface area contributed by atoms with Gasteiger partial charge in [0, 0.05) is 20.1 Å². The zero-order valence-electron chi connectivity index (χ0n) is 10.9. The molecule has 0 fully saturated rings. The molecule has 7 nitrogen and oxygen atoms in total. The Labute approximate surface area is 112 Å². The molecule has 0 aromatic carbocycles. The third-order valence-corrected chi connectivity index (χ3v) is 2.24. The van der Waals surface area contributed by atoms with Crippen molar-refractivity contribution in [2.45, 2.75) is 6.42 Å². The third kappa shape index (κ3) is 6.03. The number of nitrogens with zero attached hydrogens (tertiary/aromatic N) is 2. The van der Waals surface area contributed by atoms with Crippen LogP contribution >= 0.6 is 0 Å². The average molecular weight is 269 g/mol. The maximum absolute atomic E-state index is 8.49. The van der Waals surface area contributed by atoms with E-state index < -0.39 is 0 Å². The molecule has 19 heavy (non-hydrogen) atoms. The number of pyridine rings is 1. The molecule has 1 aromatic heterocycles. The molecule has 0 aliphatic rings. The van der Waals surface area contributed by atoms with Crippen LogP contribution in [0.2, 0.25) is 0 Å². The van der Waals surface area contributed by atoms with Crippen molar-refractivity contribution in [2.24, 2.45) is 10.9 Å². The van der Waals surface area contributed by atoms with Crippen molar-refractivity contribution in [3.05, 3.63) is 24.0 Å². The van der Waals surface area contributed by atoms with E-state index in [9.17, 15) is 0 Å². The highest BCUT2D eigenvalue weighted by Crippen LogP contribution is 2.09. The fourth-order valence-corrected chi connectivity index (χ4v) is 1.26. The van der Waals surface area contributed by atoms with Gasteiger partial charge >= 0.3 is 0 Å². The highest BCUT2D eigenvalue weighted by Gasteiger charge is 2.01. The molecule has 106 valence electrons. The molecule has 0 spiro atoms. The minimum Gasteiger partial charge on any atom is -0.492 e. The maximum Gasteiger partial charge on any atom is 0.188 e. The molecule has 3 N–H and O–H groups in total. The van der Waals surface area contributed by atoms with E-state index in [-0.39, 0.29) is 5.84 Å². The van der Waals surface area contributed by atoms with Crippen LogP contribution in [0.3, 0.4) is 0 Å². The summed E-state index contributed by atoms with van der Waals surface area (Å²) >= 11 is 0. The number of aromatic nitrogens is 1. The molecule has 1 heterocycles. The van der Waals surface area contributed by atoms with Crippen molar-refractivity contribution < 1.29 is 19.4 Å². The summed E-state index contributed by atoms with van der Waals surface area (Å²) in [5, 5.41) is 11.4. The third-order valence-electron chi connectivity index (χ3n) is 2.24. The van der Waals surface area contributed by atoms with E-state index in [2.05, 4.69) is 10.1 Å². The summed E-state index contributed by atoms with van der Waals surface area (Å²) < 4.78 is 15.6. The van der Waals surface area contributed by atoms with Gasteiger partial charge in [-0.15, -0.1) is 0 Å². The van der Waals surface area contributed by atoms with Gasteiger partial charge in [-0.2, -0.15) is 0 Å². The SMILES string of the molecule is COCCOCCCOc1ccc(/C(N)=N/O)nc1. The fraction of sp³-hybridized carbons (Fsp3) is 0.500. The quantitative estimate of drug-likeness (QED) is 0.224. The van der Waals surface area contributed by atoms with Crippen molar-refractivity contribution in [3.63, 3.8) is 0 Å². The van der Waals surface area contributed by atoms with E-state index in [0.717, 1.165) is 6.42 Å². The maximum atomic E-state index is 8.49. The number of rotatable bonds is 9. The van der Waals surface area contributed by atoms with Crippen molar-refractivity contribution in [1.29, 1.82) is 0 Å². The van der Waals surface area contributed by atoms with Gasteiger partial charge in [-0.05, 0) is 12.1 Å². The molecule has 0 aliphatic heterocycles. The van der Waals surface area contributed by atoms with Crippen LogP contribution in [0, 0.1) is 0 Å². The first-order valence-electron chi connectivity index (χ1n) is 5.91. The number of oxime groups is 1. The largest absolute Gasteiger partial charge is 0.492 e. The average Bonchev–Trinajstić information content (AvgIpc) is 2.46. The number of methoxy groups -OCH3 is 1. The lowest BCUT2D eigenvalue weighted by Gasteiger charge is -2.07. The van der Waals surface area contributed by atoms with Crippen LogP contribution in [0.1, 0.15) is 12.1 Å². The Balaban J connectivity index is 2.19. The molecule has 1 rings (SSSR count).